The van der Waals surface area contributed by atoms with Gasteiger partial charge in [-0.2, -0.15) is 0 Å². The van der Waals surface area contributed by atoms with E-state index in [9.17, 15) is 20.4 Å². The lowest BCUT2D eigenvalue weighted by Crippen LogP contribution is -2.24. The van der Waals surface area contributed by atoms with Gasteiger partial charge < -0.3 is 20.4 Å². The summed E-state index contributed by atoms with van der Waals surface area (Å²) in [6, 6.07) is 3.11. The van der Waals surface area contributed by atoms with Crippen LogP contribution >= 0.6 is 0 Å². The van der Waals surface area contributed by atoms with Crippen molar-refractivity contribution in [3.8, 4) is 11.5 Å². The molecule has 1 aliphatic carbocycles. The fourth-order valence-corrected chi connectivity index (χ4v) is 2.37. The van der Waals surface area contributed by atoms with Gasteiger partial charge in [-0.05, 0) is 24.0 Å². The molecule has 0 heterocycles. The zero-order chi connectivity index (χ0) is 12.6. The van der Waals surface area contributed by atoms with Crippen molar-refractivity contribution in [3.63, 3.8) is 0 Å². The normalized spacial score (nSPS) is 29.2. The van der Waals surface area contributed by atoms with E-state index in [0.717, 1.165) is 0 Å². The van der Waals surface area contributed by atoms with E-state index in [1.54, 1.807) is 6.07 Å². The summed E-state index contributed by atoms with van der Waals surface area (Å²) < 4.78 is 0. The Balaban J connectivity index is 2.45. The highest BCUT2D eigenvalue weighted by molar-refractivity contribution is 5.49. The van der Waals surface area contributed by atoms with Crippen LogP contribution in [0.4, 0.5) is 0 Å². The quantitative estimate of drug-likeness (QED) is 0.542. The zero-order valence-corrected chi connectivity index (χ0v) is 9.80. The Hall–Kier alpha value is -1.26. The standard InChI is InChI=1S/C13H18O4/c1-7-4-9(14)6-10-11(15)3-2-8(13(10)17)5-12(7)16/h2-3,7,9,12,14-17H,4-6H2,1H3. The molecule has 0 saturated carbocycles. The Kier molecular flexibility index (Phi) is 3.26. The van der Waals surface area contributed by atoms with Gasteiger partial charge >= 0.3 is 0 Å². The van der Waals surface area contributed by atoms with Crippen LogP contribution in [0, 0.1) is 5.92 Å². The summed E-state index contributed by atoms with van der Waals surface area (Å²) in [5.74, 6) is -0.0488. The van der Waals surface area contributed by atoms with Crippen molar-refractivity contribution in [1.29, 1.82) is 0 Å². The van der Waals surface area contributed by atoms with E-state index >= 15 is 0 Å². The van der Waals surface area contributed by atoms with E-state index in [0.29, 0.717) is 24.0 Å². The van der Waals surface area contributed by atoms with Crippen molar-refractivity contribution >= 4 is 0 Å². The van der Waals surface area contributed by atoms with Crippen LogP contribution in [-0.4, -0.2) is 32.6 Å². The molecule has 2 bridgehead atoms. The van der Waals surface area contributed by atoms with E-state index < -0.39 is 12.2 Å². The van der Waals surface area contributed by atoms with Crippen molar-refractivity contribution < 1.29 is 20.4 Å². The summed E-state index contributed by atoms with van der Waals surface area (Å²) in [7, 11) is 0. The van der Waals surface area contributed by atoms with E-state index in [1.807, 2.05) is 6.92 Å². The Morgan fingerprint density at radius 1 is 1.12 bits per heavy atom. The first-order chi connectivity index (χ1) is 7.99. The third-order valence-corrected chi connectivity index (χ3v) is 3.51. The number of fused-ring (bicyclic) bond motifs is 2. The predicted molar refractivity (Wildman–Crippen MR) is 63.0 cm³/mol. The molecule has 3 unspecified atom stereocenters. The maximum Gasteiger partial charge on any atom is 0.125 e. The molecule has 0 aliphatic heterocycles. The number of hydrogen-bond donors (Lipinski definition) is 4. The first-order valence-corrected chi connectivity index (χ1v) is 5.88. The van der Waals surface area contributed by atoms with Gasteiger partial charge in [-0.1, -0.05) is 13.0 Å². The van der Waals surface area contributed by atoms with Gasteiger partial charge in [-0.3, -0.25) is 0 Å². The SMILES string of the molecule is CC1CC(O)Cc2c(O)ccc(c2O)CC1O. The van der Waals surface area contributed by atoms with Crippen LogP contribution in [0.15, 0.2) is 12.1 Å². The molecule has 3 atom stereocenters. The monoisotopic (exact) mass is 238 g/mol. The molecule has 0 spiro atoms. The summed E-state index contributed by atoms with van der Waals surface area (Å²) >= 11 is 0. The van der Waals surface area contributed by atoms with Gasteiger partial charge in [0.25, 0.3) is 0 Å². The Morgan fingerprint density at radius 2 is 1.82 bits per heavy atom. The van der Waals surface area contributed by atoms with Crippen molar-refractivity contribution in [1.82, 2.24) is 0 Å². The highest BCUT2D eigenvalue weighted by Crippen LogP contribution is 2.35. The first kappa shape index (κ1) is 12.2. The molecule has 0 radical (unpaired) electrons. The molecule has 1 aliphatic rings. The lowest BCUT2D eigenvalue weighted by Gasteiger charge is -2.19. The van der Waals surface area contributed by atoms with Gasteiger partial charge in [-0.15, -0.1) is 0 Å². The van der Waals surface area contributed by atoms with Crippen LogP contribution < -0.4 is 0 Å². The van der Waals surface area contributed by atoms with Crippen molar-refractivity contribution in [2.24, 2.45) is 5.92 Å². The van der Waals surface area contributed by atoms with Gasteiger partial charge in [0, 0.05) is 18.4 Å². The molecule has 1 aromatic rings. The molecule has 0 saturated heterocycles. The molecule has 0 aromatic heterocycles. The number of hydrogen-bond acceptors (Lipinski definition) is 4. The minimum atomic E-state index is -0.662. The molecule has 4 heteroatoms. The van der Waals surface area contributed by atoms with Gasteiger partial charge in [-0.25, -0.2) is 0 Å². The largest absolute Gasteiger partial charge is 0.508 e. The average Bonchev–Trinajstić information content (AvgIpc) is 2.28. The molecule has 0 amide bonds. The minimum Gasteiger partial charge on any atom is -0.508 e. The molecule has 17 heavy (non-hydrogen) atoms. The van der Waals surface area contributed by atoms with E-state index in [-0.39, 0.29) is 23.8 Å². The van der Waals surface area contributed by atoms with Crippen molar-refractivity contribution in [2.75, 3.05) is 0 Å². The number of rotatable bonds is 0. The van der Waals surface area contributed by atoms with Gasteiger partial charge in [0.1, 0.15) is 11.5 Å². The van der Waals surface area contributed by atoms with Crippen LogP contribution in [0.25, 0.3) is 0 Å². The zero-order valence-electron chi connectivity index (χ0n) is 9.80. The summed E-state index contributed by atoms with van der Waals surface area (Å²) in [6.45, 7) is 1.87. The smallest absolute Gasteiger partial charge is 0.125 e. The molecule has 1 aromatic carbocycles. The molecule has 0 fully saturated rings. The lowest BCUT2D eigenvalue weighted by molar-refractivity contribution is 0.0708. The fraction of sp³-hybridized carbons (Fsp3) is 0.538. The third-order valence-electron chi connectivity index (χ3n) is 3.51. The highest BCUT2D eigenvalue weighted by atomic mass is 16.3. The highest BCUT2D eigenvalue weighted by Gasteiger charge is 2.25. The lowest BCUT2D eigenvalue weighted by atomic mass is 9.94. The van der Waals surface area contributed by atoms with Crippen molar-refractivity contribution in [2.45, 2.75) is 38.4 Å². The molecule has 4 nitrogen and oxygen atoms in total. The number of aliphatic hydroxyl groups is 2. The van der Waals surface area contributed by atoms with Crippen LogP contribution in [0.5, 0.6) is 11.5 Å². The maximum atomic E-state index is 10.00. The summed E-state index contributed by atoms with van der Waals surface area (Å²) in [6.07, 6.45) is -0.246. The summed E-state index contributed by atoms with van der Waals surface area (Å²) in [4.78, 5) is 0. The minimum absolute atomic E-state index is 0.00259. The van der Waals surface area contributed by atoms with Crippen LogP contribution in [0.1, 0.15) is 24.5 Å². The number of benzene rings is 1. The molecule has 94 valence electrons. The fourth-order valence-electron chi connectivity index (χ4n) is 2.37. The van der Waals surface area contributed by atoms with E-state index in [2.05, 4.69) is 0 Å². The number of phenolic OH excluding ortho intramolecular Hbond substituents is 2. The number of phenols is 2. The maximum absolute atomic E-state index is 10.00. The molecular weight excluding hydrogens is 220 g/mol. The van der Waals surface area contributed by atoms with Gasteiger partial charge in [0.2, 0.25) is 0 Å². The van der Waals surface area contributed by atoms with E-state index in [1.165, 1.54) is 6.07 Å². The molecular formula is C13H18O4. The Morgan fingerprint density at radius 3 is 2.53 bits per heavy atom. The second kappa shape index (κ2) is 4.55. The topological polar surface area (TPSA) is 80.9 Å². The second-order valence-electron chi connectivity index (χ2n) is 4.91. The summed E-state index contributed by atoms with van der Waals surface area (Å²) in [5, 5.41) is 39.5. The van der Waals surface area contributed by atoms with Crippen LogP contribution in [-0.2, 0) is 12.8 Å². The first-order valence-electron chi connectivity index (χ1n) is 5.88. The van der Waals surface area contributed by atoms with Crippen LogP contribution in [0.3, 0.4) is 0 Å². The third kappa shape index (κ3) is 2.37. The van der Waals surface area contributed by atoms with E-state index in [4.69, 9.17) is 0 Å². The summed E-state index contributed by atoms with van der Waals surface area (Å²) in [5.41, 5.74) is 0.988. The van der Waals surface area contributed by atoms with Gasteiger partial charge in [0.15, 0.2) is 0 Å². The Bertz CT molecular complexity index is 416. The molecule has 2 rings (SSSR count). The Labute approximate surface area is 100 Å². The second-order valence-corrected chi connectivity index (χ2v) is 4.91. The number of aliphatic hydroxyl groups excluding tert-OH is 2. The van der Waals surface area contributed by atoms with Crippen LogP contribution in [0.2, 0.25) is 0 Å². The number of aromatic hydroxyl groups is 2. The average molecular weight is 238 g/mol. The van der Waals surface area contributed by atoms with Gasteiger partial charge in [0.05, 0.1) is 12.2 Å². The molecule has 4 N–H and O–H groups in total. The van der Waals surface area contributed by atoms with Crippen molar-refractivity contribution in [3.05, 3.63) is 23.3 Å². The predicted octanol–water partition coefficient (Wildman–Crippen LogP) is 0.944.